The van der Waals surface area contributed by atoms with Gasteiger partial charge < -0.3 is 24.5 Å². The van der Waals surface area contributed by atoms with E-state index < -0.39 is 33.2 Å². The first-order valence-electron chi connectivity index (χ1n) is 14.4. The number of hydrogen-bond acceptors (Lipinski definition) is 10. The maximum atomic E-state index is 12.9. The molecule has 2 heterocycles. The Bertz CT molecular complexity index is 1620. The molecule has 0 spiro atoms. The van der Waals surface area contributed by atoms with Gasteiger partial charge in [-0.2, -0.15) is 0 Å². The third kappa shape index (κ3) is 8.24. The maximum absolute atomic E-state index is 12.9. The molecule has 0 aliphatic heterocycles. The van der Waals surface area contributed by atoms with Crippen LogP contribution in [0, 0.1) is 18.8 Å². The Hall–Kier alpha value is -4.20. The van der Waals surface area contributed by atoms with Crippen LogP contribution in [0.3, 0.4) is 0 Å². The van der Waals surface area contributed by atoms with Gasteiger partial charge in [-0.15, -0.1) is 10.2 Å². The lowest BCUT2D eigenvalue weighted by Crippen LogP contribution is -2.46. The molecule has 3 aromatic rings. The number of nitrogens with one attached hydrogen (secondary N) is 2. The zero-order valence-corrected chi connectivity index (χ0v) is 26.9. The topological polar surface area (TPSA) is 177 Å². The molecule has 44 heavy (non-hydrogen) atoms. The summed E-state index contributed by atoms with van der Waals surface area (Å²) in [6.07, 6.45) is 0.266. The number of ether oxygens (including phenoxy) is 1. The van der Waals surface area contributed by atoms with Gasteiger partial charge >= 0.3 is 12.1 Å². The number of carboxylic acid groups (broad SMARTS) is 1. The number of aliphatic carboxylic acids is 1. The molecular formula is C30H40N6O7S. The van der Waals surface area contributed by atoms with E-state index in [4.69, 9.17) is 9.15 Å². The van der Waals surface area contributed by atoms with Crippen LogP contribution < -0.4 is 14.9 Å². The van der Waals surface area contributed by atoms with Gasteiger partial charge in [0.2, 0.25) is 21.8 Å². The van der Waals surface area contributed by atoms with E-state index in [0.717, 1.165) is 12.0 Å². The van der Waals surface area contributed by atoms with Gasteiger partial charge in [0.25, 0.3) is 0 Å². The molecule has 1 aliphatic carbocycles. The summed E-state index contributed by atoms with van der Waals surface area (Å²) in [4.78, 5) is 30.7. The molecule has 1 aromatic carbocycles. The second-order valence-corrected chi connectivity index (χ2v) is 14.4. The van der Waals surface area contributed by atoms with Crippen LogP contribution in [0.1, 0.15) is 65.0 Å². The number of carboxylic acids is 1. The van der Waals surface area contributed by atoms with Crippen molar-refractivity contribution in [2.75, 3.05) is 28.5 Å². The Kier molecular flexibility index (Phi) is 9.24. The van der Waals surface area contributed by atoms with Gasteiger partial charge in [0.15, 0.2) is 0 Å². The summed E-state index contributed by atoms with van der Waals surface area (Å²) in [5.41, 5.74) is -0.0835. The van der Waals surface area contributed by atoms with Gasteiger partial charge in [0.05, 0.1) is 5.75 Å². The summed E-state index contributed by atoms with van der Waals surface area (Å²) >= 11 is 0. The number of aryl methyl sites for hydroxylation is 1. The smallest absolute Gasteiger partial charge is 0.408 e. The first-order chi connectivity index (χ1) is 20.5. The third-order valence-electron chi connectivity index (χ3n) is 7.31. The van der Waals surface area contributed by atoms with Gasteiger partial charge in [-0.1, -0.05) is 36.8 Å². The number of nitrogens with zero attached hydrogens (tertiary/aromatic N) is 4. The van der Waals surface area contributed by atoms with Crippen molar-refractivity contribution in [3.63, 3.8) is 0 Å². The molecule has 0 bridgehead atoms. The Morgan fingerprint density at radius 2 is 1.80 bits per heavy atom. The molecule has 238 valence electrons. The lowest BCUT2D eigenvalue weighted by molar-refractivity contribution is -0.135. The number of sulfonamides is 1. The van der Waals surface area contributed by atoms with E-state index in [-0.39, 0.29) is 35.7 Å². The van der Waals surface area contributed by atoms with Crippen LogP contribution in [0.5, 0.6) is 0 Å². The number of anilines is 2. The van der Waals surface area contributed by atoms with Crippen LogP contribution in [0.4, 0.5) is 16.4 Å². The zero-order valence-electron chi connectivity index (χ0n) is 26.0. The number of pyridine rings is 1. The number of amides is 1. The molecule has 1 fully saturated rings. The van der Waals surface area contributed by atoms with E-state index in [1.165, 1.54) is 13.0 Å². The van der Waals surface area contributed by atoms with Crippen molar-refractivity contribution < 1.29 is 32.3 Å². The predicted molar refractivity (Wildman–Crippen MR) is 165 cm³/mol. The highest BCUT2D eigenvalue weighted by Gasteiger charge is 2.39. The Labute approximate surface area is 257 Å². The fourth-order valence-corrected chi connectivity index (χ4v) is 5.18. The molecule has 1 saturated carbocycles. The normalized spacial score (nSPS) is 17.8. The number of alkyl carbamates (subject to hydrolysis) is 1. The lowest BCUT2D eigenvalue weighted by Gasteiger charge is -2.29. The molecule has 3 atom stereocenters. The first kappa shape index (κ1) is 32.7. The van der Waals surface area contributed by atoms with Gasteiger partial charge in [-0.05, 0) is 77.5 Å². The van der Waals surface area contributed by atoms with Crippen LogP contribution in [-0.4, -0.2) is 65.2 Å². The van der Waals surface area contributed by atoms with Crippen LogP contribution in [0.25, 0.3) is 11.5 Å². The Morgan fingerprint density at radius 3 is 2.36 bits per heavy atom. The molecular weight excluding hydrogens is 588 g/mol. The minimum Gasteiger partial charge on any atom is -0.480 e. The highest BCUT2D eigenvalue weighted by Crippen LogP contribution is 2.39. The van der Waals surface area contributed by atoms with Gasteiger partial charge in [-0.25, -0.2) is 18.2 Å². The van der Waals surface area contributed by atoms with Gasteiger partial charge in [-0.3, -0.25) is 9.52 Å². The van der Waals surface area contributed by atoms with E-state index in [9.17, 15) is 23.1 Å². The number of carbonyl (C=O) groups is 2. The largest absolute Gasteiger partial charge is 0.480 e. The van der Waals surface area contributed by atoms with E-state index in [2.05, 4.69) is 32.1 Å². The van der Waals surface area contributed by atoms with Crippen molar-refractivity contribution in [1.29, 1.82) is 0 Å². The van der Waals surface area contributed by atoms with Crippen molar-refractivity contribution in [2.24, 2.45) is 11.8 Å². The van der Waals surface area contributed by atoms with E-state index >= 15 is 0 Å². The number of aromatic nitrogens is 3. The maximum Gasteiger partial charge on any atom is 0.408 e. The summed E-state index contributed by atoms with van der Waals surface area (Å²) in [5, 5.41) is 21.0. The second kappa shape index (κ2) is 12.4. The van der Waals surface area contributed by atoms with Crippen molar-refractivity contribution in [3.05, 3.63) is 53.4 Å². The molecule has 3 N–H and O–H groups in total. The molecule has 1 amide bonds. The summed E-state index contributed by atoms with van der Waals surface area (Å²) in [6.45, 7) is 12.6. The minimum absolute atomic E-state index is 0.0139. The van der Waals surface area contributed by atoms with Crippen molar-refractivity contribution in [2.45, 2.75) is 66.0 Å². The molecule has 0 radical (unpaired) electrons. The minimum atomic E-state index is -3.72. The fraction of sp³-hybridized carbons (Fsp3) is 0.500. The van der Waals surface area contributed by atoms with Crippen LogP contribution in [0.2, 0.25) is 0 Å². The van der Waals surface area contributed by atoms with Gasteiger partial charge in [0.1, 0.15) is 29.3 Å². The summed E-state index contributed by atoms with van der Waals surface area (Å²) in [6, 6.07) is 10.5. The molecule has 2 aromatic heterocycles. The monoisotopic (exact) mass is 628 g/mol. The van der Waals surface area contributed by atoms with Crippen molar-refractivity contribution in [3.8, 4) is 11.5 Å². The first-order valence-corrected chi connectivity index (χ1v) is 16.0. The fourth-order valence-electron chi connectivity index (χ4n) is 4.61. The predicted octanol–water partition coefficient (Wildman–Crippen LogP) is 4.54. The average molecular weight is 629 g/mol. The molecule has 2 unspecified atom stereocenters. The van der Waals surface area contributed by atoms with Crippen molar-refractivity contribution >= 4 is 33.7 Å². The summed E-state index contributed by atoms with van der Waals surface area (Å²) in [5.74, 6) is -0.225. The van der Waals surface area contributed by atoms with E-state index in [1.54, 1.807) is 38.7 Å². The van der Waals surface area contributed by atoms with E-state index in [1.807, 2.05) is 31.2 Å². The zero-order chi connectivity index (χ0) is 32.4. The standard InChI is InChI=1S/C30H40N6O7S/c1-8-44(40,41)35-23-14-20(15-24(31-23)36(17-25(37)38)16-21-13-19(21)3)26-33-34-27(42-26)30(7,22-11-9-18(2)10-12-22)32-28(39)43-29(4,5)6/h9-12,14-15,19,21H,8,13,16-17H2,1-7H3,(H,31,35)(H,32,39)(H,37,38)/t19?,21?,30-/m1/s1. The quantitative estimate of drug-likeness (QED) is 0.257. The Balaban J connectivity index is 1.79. The summed E-state index contributed by atoms with van der Waals surface area (Å²) < 4.78 is 39.0. The summed E-state index contributed by atoms with van der Waals surface area (Å²) in [7, 11) is -3.72. The molecule has 4 rings (SSSR count). The lowest BCUT2D eigenvalue weighted by atomic mass is 9.91. The third-order valence-corrected chi connectivity index (χ3v) is 8.59. The highest BCUT2D eigenvalue weighted by molar-refractivity contribution is 7.92. The van der Waals surface area contributed by atoms with Crippen molar-refractivity contribution in [1.82, 2.24) is 20.5 Å². The SMILES string of the molecule is CCS(=O)(=O)Nc1cc(-c2nnc([C@](C)(NC(=O)OC(C)(C)C)c3ccc(C)cc3)o2)cc(N(CC(=O)O)CC2CC2C)n1. The second-order valence-electron chi connectivity index (χ2n) is 12.4. The molecule has 13 nitrogen and oxygen atoms in total. The number of carbonyl (C=O) groups excluding carboxylic acids is 1. The van der Waals surface area contributed by atoms with Crippen LogP contribution in [-0.2, 0) is 25.1 Å². The average Bonchev–Trinajstić information content (AvgIpc) is 3.38. The van der Waals surface area contributed by atoms with E-state index in [0.29, 0.717) is 29.5 Å². The Morgan fingerprint density at radius 1 is 1.14 bits per heavy atom. The van der Waals surface area contributed by atoms with Crippen LogP contribution in [0.15, 0.2) is 40.8 Å². The highest BCUT2D eigenvalue weighted by atomic mass is 32.2. The van der Waals surface area contributed by atoms with Gasteiger partial charge in [0, 0.05) is 12.1 Å². The molecule has 0 saturated heterocycles. The van der Waals surface area contributed by atoms with Crippen LogP contribution >= 0.6 is 0 Å². The molecule has 14 heteroatoms. The number of benzene rings is 1. The number of hydrogen-bond donors (Lipinski definition) is 3. The molecule has 1 aliphatic rings. The number of rotatable bonds is 12.